The quantitative estimate of drug-likeness (QED) is 0.261. The minimum Gasteiger partial charge on any atom is -0.289 e. The lowest BCUT2D eigenvalue weighted by molar-refractivity contribution is 1.35. The summed E-state index contributed by atoms with van der Waals surface area (Å²) in [7, 11) is 0. The van der Waals surface area contributed by atoms with Gasteiger partial charge in [-0.05, 0) is 103 Å². The molecule has 6 aromatic rings. The molecule has 0 atom stereocenters. The van der Waals surface area contributed by atoms with Gasteiger partial charge in [0.05, 0.1) is 0 Å². The summed E-state index contributed by atoms with van der Waals surface area (Å²) < 4.78 is 0. The number of benzene rings is 3. The van der Waals surface area contributed by atoms with E-state index in [1.54, 1.807) is 11.3 Å². The molecule has 0 spiro atoms. The maximum absolute atomic E-state index is 13.8. The number of thiophene rings is 1. The van der Waals surface area contributed by atoms with E-state index in [4.69, 9.17) is 0 Å². The highest BCUT2D eigenvalue weighted by molar-refractivity contribution is 7.15. The van der Waals surface area contributed by atoms with Crippen LogP contribution in [0.25, 0.3) is 53.5 Å². The minimum atomic E-state index is 0.0703. The zero-order valence-corrected chi connectivity index (χ0v) is 20.5. The van der Waals surface area contributed by atoms with Crippen LogP contribution in [-0.2, 0) is 0 Å². The SMILES string of the molecule is Cc1ccc2c(c1)c(=O)c1c(C)c3c(c(C)c12)c(=O)c1cc(-c2sc(C)c(C)c2C)ccc13. The Morgan fingerprint density at radius 1 is 0.545 bits per heavy atom. The Morgan fingerprint density at radius 3 is 1.64 bits per heavy atom. The van der Waals surface area contributed by atoms with Crippen LogP contribution in [0, 0.1) is 41.5 Å². The molecule has 0 fully saturated rings. The molecule has 0 aliphatic rings. The summed E-state index contributed by atoms with van der Waals surface area (Å²) in [6.45, 7) is 12.5. The predicted molar refractivity (Wildman–Crippen MR) is 143 cm³/mol. The summed E-state index contributed by atoms with van der Waals surface area (Å²) in [5, 5.41) is 6.79. The Labute approximate surface area is 195 Å². The molecular formula is C30H24O2S. The van der Waals surface area contributed by atoms with Crippen molar-refractivity contribution >= 4 is 54.4 Å². The van der Waals surface area contributed by atoms with Gasteiger partial charge in [0.25, 0.3) is 0 Å². The third-order valence-electron chi connectivity index (χ3n) is 7.63. The second-order valence-electron chi connectivity index (χ2n) is 9.46. The van der Waals surface area contributed by atoms with Crippen molar-refractivity contribution in [1.29, 1.82) is 0 Å². The standard InChI is InChI=1S/C30H24O2S/c1-13-7-9-20-22(11-13)28(31)26-17(5)25-21-10-8-19(30-15(3)14(2)18(6)33-30)12-23(21)29(32)27(25)16(4)24(20)26/h7-12H,1-6H3. The first-order valence-corrected chi connectivity index (χ1v) is 12.1. The van der Waals surface area contributed by atoms with Crippen LogP contribution < -0.4 is 10.9 Å². The van der Waals surface area contributed by atoms with E-state index >= 15 is 0 Å². The third kappa shape index (κ3) is 2.49. The van der Waals surface area contributed by atoms with E-state index in [9.17, 15) is 9.59 Å². The van der Waals surface area contributed by atoms with Gasteiger partial charge in [0.15, 0.2) is 10.9 Å². The summed E-state index contributed by atoms with van der Waals surface area (Å²) in [5.41, 5.74) is 6.75. The molecule has 3 heteroatoms. The Morgan fingerprint density at radius 2 is 1.09 bits per heavy atom. The van der Waals surface area contributed by atoms with Crippen molar-refractivity contribution in [3.8, 4) is 10.4 Å². The molecule has 6 rings (SSSR count). The van der Waals surface area contributed by atoms with Gasteiger partial charge in [-0.25, -0.2) is 0 Å². The van der Waals surface area contributed by atoms with Gasteiger partial charge in [-0.15, -0.1) is 11.3 Å². The van der Waals surface area contributed by atoms with Gasteiger partial charge in [-0.3, -0.25) is 9.59 Å². The van der Waals surface area contributed by atoms with Crippen LogP contribution in [0.3, 0.4) is 0 Å². The molecule has 0 aliphatic heterocycles. The fourth-order valence-electron chi connectivity index (χ4n) is 5.68. The molecule has 0 unspecified atom stereocenters. The normalized spacial score (nSPS) is 12.2. The van der Waals surface area contributed by atoms with Crippen LogP contribution in [-0.4, -0.2) is 0 Å². The molecular weight excluding hydrogens is 424 g/mol. The van der Waals surface area contributed by atoms with Crippen LogP contribution in [0.15, 0.2) is 46.0 Å². The van der Waals surface area contributed by atoms with Crippen molar-refractivity contribution in [2.75, 3.05) is 0 Å². The number of aryl methyl sites for hydroxylation is 4. The average Bonchev–Trinajstić information content (AvgIpc) is 3.36. The van der Waals surface area contributed by atoms with Gasteiger partial charge in [-0.2, -0.15) is 0 Å². The lowest BCUT2D eigenvalue weighted by atomic mass is 9.96. The lowest BCUT2D eigenvalue weighted by Gasteiger charge is -2.06. The molecule has 0 saturated heterocycles. The molecule has 0 saturated carbocycles. The fourth-order valence-corrected chi connectivity index (χ4v) is 6.84. The molecule has 33 heavy (non-hydrogen) atoms. The second-order valence-corrected chi connectivity index (χ2v) is 10.7. The molecule has 0 radical (unpaired) electrons. The summed E-state index contributed by atoms with van der Waals surface area (Å²) in [5.74, 6) is 0. The van der Waals surface area contributed by atoms with Crippen LogP contribution >= 0.6 is 11.3 Å². The maximum atomic E-state index is 13.8. The Kier molecular flexibility index (Phi) is 4.07. The zero-order chi connectivity index (χ0) is 23.3. The first-order chi connectivity index (χ1) is 15.7. The highest BCUT2D eigenvalue weighted by Gasteiger charge is 2.23. The number of hydrogen-bond acceptors (Lipinski definition) is 3. The second kappa shape index (κ2) is 6.61. The number of fused-ring (bicyclic) bond motifs is 6. The smallest absolute Gasteiger partial charge is 0.194 e. The van der Waals surface area contributed by atoms with Crippen LogP contribution in [0.2, 0.25) is 0 Å². The molecule has 1 heterocycles. The zero-order valence-electron chi connectivity index (χ0n) is 19.7. The molecule has 5 aromatic carbocycles. The monoisotopic (exact) mass is 448 g/mol. The summed E-state index contributed by atoms with van der Waals surface area (Å²) >= 11 is 1.79. The molecule has 162 valence electrons. The summed E-state index contributed by atoms with van der Waals surface area (Å²) in [4.78, 5) is 29.7. The third-order valence-corrected chi connectivity index (χ3v) is 8.98. The highest BCUT2D eigenvalue weighted by atomic mass is 32.1. The van der Waals surface area contributed by atoms with Gasteiger partial charge in [0.2, 0.25) is 0 Å². The number of rotatable bonds is 1. The summed E-state index contributed by atoms with van der Waals surface area (Å²) in [6.07, 6.45) is 0. The van der Waals surface area contributed by atoms with E-state index in [0.29, 0.717) is 0 Å². The van der Waals surface area contributed by atoms with E-state index in [1.165, 1.54) is 20.9 Å². The predicted octanol–water partition coefficient (Wildman–Crippen LogP) is 7.47. The van der Waals surface area contributed by atoms with Crippen molar-refractivity contribution in [1.82, 2.24) is 0 Å². The molecule has 1 aromatic heterocycles. The molecule has 0 N–H and O–H groups in total. The number of hydrogen-bond donors (Lipinski definition) is 0. The van der Waals surface area contributed by atoms with Crippen LogP contribution in [0.5, 0.6) is 0 Å². The summed E-state index contributed by atoms with van der Waals surface area (Å²) in [6, 6.07) is 12.3. The average molecular weight is 449 g/mol. The van der Waals surface area contributed by atoms with Crippen LogP contribution in [0.4, 0.5) is 0 Å². The topological polar surface area (TPSA) is 34.1 Å². The van der Waals surface area contributed by atoms with E-state index in [1.807, 2.05) is 39.0 Å². The van der Waals surface area contributed by atoms with Crippen LogP contribution in [0.1, 0.15) is 32.7 Å². The van der Waals surface area contributed by atoms with E-state index < -0.39 is 0 Å². The lowest BCUT2D eigenvalue weighted by Crippen LogP contribution is -2.00. The first kappa shape index (κ1) is 20.3. The van der Waals surface area contributed by atoms with E-state index in [0.717, 1.165) is 65.3 Å². The first-order valence-electron chi connectivity index (χ1n) is 11.3. The molecule has 0 aliphatic carbocycles. The van der Waals surface area contributed by atoms with E-state index in [-0.39, 0.29) is 10.9 Å². The van der Waals surface area contributed by atoms with Crippen molar-refractivity contribution in [2.24, 2.45) is 0 Å². The maximum Gasteiger partial charge on any atom is 0.194 e. The van der Waals surface area contributed by atoms with E-state index in [2.05, 4.69) is 39.0 Å². The molecule has 0 bridgehead atoms. The van der Waals surface area contributed by atoms with Gasteiger partial charge in [0, 0.05) is 31.3 Å². The van der Waals surface area contributed by atoms with Gasteiger partial charge in [0.1, 0.15) is 0 Å². The van der Waals surface area contributed by atoms with Gasteiger partial charge in [-0.1, -0.05) is 29.8 Å². The van der Waals surface area contributed by atoms with Crippen molar-refractivity contribution in [3.63, 3.8) is 0 Å². The van der Waals surface area contributed by atoms with Gasteiger partial charge < -0.3 is 0 Å². The Bertz CT molecular complexity index is 1910. The fraction of sp³-hybridized carbons (Fsp3) is 0.200. The molecule has 0 amide bonds. The van der Waals surface area contributed by atoms with Crippen molar-refractivity contribution in [2.45, 2.75) is 41.5 Å². The Hall–Kier alpha value is -3.30. The highest BCUT2D eigenvalue weighted by Crippen LogP contribution is 2.41. The largest absolute Gasteiger partial charge is 0.289 e. The van der Waals surface area contributed by atoms with Crippen molar-refractivity contribution in [3.05, 3.63) is 89.5 Å². The van der Waals surface area contributed by atoms with Gasteiger partial charge >= 0.3 is 0 Å². The molecule has 2 nitrogen and oxygen atoms in total. The Balaban J connectivity index is 1.78. The minimum absolute atomic E-state index is 0.0703. The van der Waals surface area contributed by atoms with Crippen molar-refractivity contribution < 1.29 is 0 Å².